The number of carbonyl (C=O) groups is 2. The number of hydrogen-bond donors (Lipinski definition) is 3. The molecule has 6 heteroatoms. The molecule has 3 amide bonds. The summed E-state index contributed by atoms with van der Waals surface area (Å²) >= 11 is 6.05. The van der Waals surface area contributed by atoms with Gasteiger partial charge in [0.1, 0.15) is 5.54 Å². The molecule has 3 N–H and O–H groups in total. The Kier molecular flexibility index (Phi) is 5.29. The molecule has 1 aromatic carbocycles. The van der Waals surface area contributed by atoms with Crippen molar-refractivity contribution in [3.05, 3.63) is 28.8 Å². The maximum atomic E-state index is 12.3. The summed E-state index contributed by atoms with van der Waals surface area (Å²) in [7, 11) is 1.60. The topological polar surface area (TPSA) is 70.2 Å². The number of hydrogen-bond acceptors (Lipinski definition) is 2. The Labute approximate surface area is 135 Å². The third kappa shape index (κ3) is 3.71. The van der Waals surface area contributed by atoms with Crippen molar-refractivity contribution in [2.24, 2.45) is 0 Å². The predicted octanol–water partition coefficient (Wildman–Crippen LogP) is 3.22. The van der Waals surface area contributed by atoms with Crippen molar-refractivity contribution >= 4 is 29.2 Å². The summed E-state index contributed by atoms with van der Waals surface area (Å²) in [4.78, 5) is 24.5. The predicted molar refractivity (Wildman–Crippen MR) is 88.2 cm³/mol. The SMILES string of the molecule is CNC(=O)C1(NC(=O)Nc2ccc(C)c(Cl)c2)CCCCC1. The first-order valence-corrected chi connectivity index (χ1v) is 7.92. The zero-order chi connectivity index (χ0) is 16.2. The van der Waals surface area contributed by atoms with Gasteiger partial charge in [0.05, 0.1) is 0 Å². The Morgan fingerprint density at radius 3 is 2.45 bits per heavy atom. The molecule has 1 aliphatic carbocycles. The standard InChI is InChI=1S/C16H22ClN3O2/c1-11-6-7-12(10-13(11)17)19-15(22)20-16(14(21)18-2)8-4-3-5-9-16/h6-7,10H,3-5,8-9H2,1-2H3,(H,18,21)(H2,19,20,22). The van der Waals surface area contributed by atoms with Gasteiger partial charge in [-0.3, -0.25) is 4.79 Å². The van der Waals surface area contributed by atoms with Crippen LogP contribution in [0.1, 0.15) is 37.7 Å². The second kappa shape index (κ2) is 7.01. The summed E-state index contributed by atoms with van der Waals surface area (Å²) in [5.41, 5.74) is 0.740. The molecule has 0 aromatic heterocycles. The first kappa shape index (κ1) is 16.6. The lowest BCUT2D eigenvalue weighted by Crippen LogP contribution is -2.60. The highest BCUT2D eigenvalue weighted by Gasteiger charge is 2.40. The van der Waals surface area contributed by atoms with Gasteiger partial charge in [-0.25, -0.2) is 4.79 Å². The maximum Gasteiger partial charge on any atom is 0.320 e. The van der Waals surface area contributed by atoms with Gasteiger partial charge in [-0.15, -0.1) is 0 Å². The Hall–Kier alpha value is -1.75. The first-order valence-electron chi connectivity index (χ1n) is 7.54. The molecule has 1 aromatic rings. The van der Waals surface area contributed by atoms with Gasteiger partial charge in [-0.05, 0) is 37.5 Å². The number of aryl methyl sites for hydroxylation is 1. The highest BCUT2D eigenvalue weighted by Crippen LogP contribution is 2.28. The number of anilines is 1. The summed E-state index contributed by atoms with van der Waals surface area (Å²) in [5.74, 6) is -0.135. The van der Waals surface area contributed by atoms with Gasteiger partial charge >= 0.3 is 6.03 Å². The van der Waals surface area contributed by atoms with Crippen LogP contribution in [-0.4, -0.2) is 24.5 Å². The maximum absolute atomic E-state index is 12.3. The number of carbonyl (C=O) groups excluding carboxylic acids is 2. The van der Waals surface area contributed by atoms with Crippen LogP contribution in [0.15, 0.2) is 18.2 Å². The van der Waals surface area contributed by atoms with Crippen LogP contribution >= 0.6 is 11.6 Å². The normalized spacial score (nSPS) is 16.7. The highest BCUT2D eigenvalue weighted by atomic mass is 35.5. The Balaban J connectivity index is 2.07. The van der Waals surface area contributed by atoms with Crippen molar-refractivity contribution in [1.82, 2.24) is 10.6 Å². The van der Waals surface area contributed by atoms with E-state index in [0.717, 1.165) is 24.8 Å². The summed E-state index contributed by atoms with van der Waals surface area (Å²) in [6, 6.07) is 4.94. The molecule has 1 aliphatic rings. The lowest BCUT2D eigenvalue weighted by atomic mass is 9.81. The quantitative estimate of drug-likeness (QED) is 0.799. The van der Waals surface area contributed by atoms with E-state index in [9.17, 15) is 9.59 Å². The van der Waals surface area contributed by atoms with Crippen molar-refractivity contribution in [3.63, 3.8) is 0 Å². The van der Waals surface area contributed by atoms with Crippen molar-refractivity contribution in [2.45, 2.75) is 44.6 Å². The van der Waals surface area contributed by atoms with Crippen LogP contribution in [0.5, 0.6) is 0 Å². The lowest BCUT2D eigenvalue weighted by Gasteiger charge is -2.36. The minimum atomic E-state index is -0.814. The molecule has 0 spiro atoms. The van der Waals surface area contributed by atoms with Crippen molar-refractivity contribution in [3.8, 4) is 0 Å². The zero-order valence-electron chi connectivity index (χ0n) is 13.0. The molecular formula is C16H22ClN3O2. The van der Waals surface area contributed by atoms with Crippen LogP contribution < -0.4 is 16.0 Å². The molecule has 0 bridgehead atoms. The van der Waals surface area contributed by atoms with E-state index >= 15 is 0 Å². The first-order chi connectivity index (χ1) is 10.5. The number of amides is 3. The van der Waals surface area contributed by atoms with Gasteiger partial charge < -0.3 is 16.0 Å². The molecule has 1 saturated carbocycles. The van der Waals surface area contributed by atoms with Gasteiger partial charge in [0.25, 0.3) is 0 Å². The van der Waals surface area contributed by atoms with Gasteiger partial charge in [-0.2, -0.15) is 0 Å². The second-order valence-electron chi connectivity index (χ2n) is 5.76. The number of nitrogens with one attached hydrogen (secondary N) is 3. The van der Waals surface area contributed by atoms with E-state index in [4.69, 9.17) is 11.6 Å². The van der Waals surface area contributed by atoms with E-state index in [1.54, 1.807) is 19.2 Å². The molecule has 0 heterocycles. The molecule has 120 valence electrons. The van der Waals surface area contributed by atoms with Gasteiger partial charge in [0.15, 0.2) is 0 Å². The van der Waals surface area contributed by atoms with E-state index in [1.165, 1.54) is 0 Å². The molecule has 1 fully saturated rings. The monoisotopic (exact) mass is 323 g/mol. The van der Waals surface area contributed by atoms with E-state index in [-0.39, 0.29) is 11.9 Å². The molecule has 22 heavy (non-hydrogen) atoms. The zero-order valence-corrected chi connectivity index (χ0v) is 13.7. The summed E-state index contributed by atoms with van der Waals surface area (Å²) in [6.45, 7) is 1.90. The molecule has 0 aliphatic heterocycles. The average molecular weight is 324 g/mol. The second-order valence-corrected chi connectivity index (χ2v) is 6.17. The Morgan fingerprint density at radius 1 is 1.18 bits per heavy atom. The number of benzene rings is 1. The van der Waals surface area contributed by atoms with Gasteiger partial charge in [0, 0.05) is 17.8 Å². The van der Waals surface area contributed by atoms with Crippen LogP contribution in [0.3, 0.4) is 0 Å². The largest absolute Gasteiger partial charge is 0.357 e. The number of halogens is 1. The molecule has 2 rings (SSSR count). The lowest BCUT2D eigenvalue weighted by molar-refractivity contribution is -0.128. The highest BCUT2D eigenvalue weighted by molar-refractivity contribution is 6.31. The van der Waals surface area contributed by atoms with Crippen molar-refractivity contribution in [2.75, 3.05) is 12.4 Å². The van der Waals surface area contributed by atoms with Crippen LogP contribution in [0, 0.1) is 6.92 Å². The fourth-order valence-electron chi connectivity index (χ4n) is 2.85. The average Bonchev–Trinajstić information content (AvgIpc) is 2.51. The number of likely N-dealkylation sites (N-methyl/N-ethyl adjacent to an activating group) is 1. The fraction of sp³-hybridized carbons (Fsp3) is 0.500. The molecule has 0 unspecified atom stereocenters. The van der Waals surface area contributed by atoms with Crippen molar-refractivity contribution in [1.29, 1.82) is 0 Å². The smallest absolute Gasteiger partial charge is 0.320 e. The van der Waals surface area contributed by atoms with Crippen LogP contribution in [0.2, 0.25) is 5.02 Å². The van der Waals surface area contributed by atoms with Crippen LogP contribution in [-0.2, 0) is 4.79 Å². The third-order valence-corrected chi connectivity index (χ3v) is 4.56. The number of urea groups is 1. The molecule has 0 atom stereocenters. The summed E-state index contributed by atoms with van der Waals surface area (Å²) < 4.78 is 0. The Bertz CT molecular complexity index is 569. The van der Waals surface area contributed by atoms with E-state index in [1.807, 2.05) is 13.0 Å². The summed E-state index contributed by atoms with van der Waals surface area (Å²) in [5, 5.41) is 8.86. The van der Waals surface area contributed by atoms with E-state index in [0.29, 0.717) is 23.6 Å². The van der Waals surface area contributed by atoms with Gasteiger partial charge in [-0.1, -0.05) is 36.9 Å². The Morgan fingerprint density at radius 2 is 1.86 bits per heavy atom. The van der Waals surface area contributed by atoms with Crippen molar-refractivity contribution < 1.29 is 9.59 Å². The molecular weight excluding hydrogens is 302 g/mol. The van der Waals surface area contributed by atoms with E-state index < -0.39 is 5.54 Å². The molecule has 0 radical (unpaired) electrons. The third-order valence-electron chi connectivity index (χ3n) is 4.15. The molecule has 5 nitrogen and oxygen atoms in total. The fourth-order valence-corrected chi connectivity index (χ4v) is 3.03. The number of rotatable bonds is 3. The van der Waals surface area contributed by atoms with Gasteiger partial charge in [0.2, 0.25) is 5.91 Å². The van der Waals surface area contributed by atoms with Crippen LogP contribution in [0.25, 0.3) is 0 Å². The minimum absolute atomic E-state index is 0.135. The van der Waals surface area contributed by atoms with E-state index in [2.05, 4.69) is 16.0 Å². The van der Waals surface area contributed by atoms with Crippen LogP contribution in [0.4, 0.5) is 10.5 Å². The molecule has 0 saturated heterocycles. The summed E-state index contributed by atoms with van der Waals surface area (Å²) in [6.07, 6.45) is 4.28. The minimum Gasteiger partial charge on any atom is -0.357 e.